The van der Waals surface area contributed by atoms with E-state index in [-0.39, 0.29) is 19.0 Å². The first-order chi connectivity index (χ1) is 5.35. The summed E-state index contributed by atoms with van der Waals surface area (Å²) >= 11 is 0. The summed E-state index contributed by atoms with van der Waals surface area (Å²) in [6.45, 7) is 1.79. The number of piperidine rings is 1. The Morgan fingerprint density at radius 3 is 2.50 bits per heavy atom. The molecule has 2 unspecified atom stereocenters. The van der Waals surface area contributed by atoms with Gasteiger partial charge >= 0.3 is 0 Å². The number of hydrogen-bond acceptors (Lipinski definition) is 4. The lowest BCUT2D eigenvalue weighted by Gasteiger charge is -2.32. The van der Waals surface area contributed by atoms with Crippen LogP contribution in [0.4, 0.5) is 0 Å². The van der Waals surface area contributed by atoms with E-state index in [1.54, 1.807) is 0 Å². The average Bonchev–Trinajstić information content (AvgIpc) is 1.93. The van der Waals surface area contributed by atoms with Crippen molar-refractivity contribution in [3.05, 3.63) is 0 Å². The molecule has 0 saturated carbocycles. The van der Waals surface area contributed by atoms with Crippen LogP contribution in [0.3, 0.4) is 0 Å². The molecule has 1 aliphatic rings. The van der Waals surface area contributed by atoms with Crippen molar-refractivity contribution in [2.24, 2.45) is 0 Å². The predicted octanol–water partition coefficient (Wildman–Crippen LogP) is -0.665. The van der Waals surface area contributed by atoms with Gasteiger partial charge in [0.15, 0.2) is 0 Å². The molecule has 1 fully saturated rings. The Balaban J connectivity index is 2.76. The van der Waals surface area contributed by atoms with Gasteiger partial charge in [0.25, 0.3) is 10.1 Å². The summed E-state index contributed by atoms with van der Waals surface area (Å²) in [6.07, 6.45) is 0.621. The maximum atomic E-state index is 10.7. The zero-order valence-corrected chi connectivity index (χ0v) is 7.63. The highest BCUT2D eigenvalue weighted by molar-refractivity contribution is 7.87. The number of aliphatic hydroxyl groups is 1. The summed E-state index contributed by atoms with van der Waals surface area (Å²) in [4.78, 5) is -1.99. The molecule has 0 aromatic rings. The predicted molar refractivity (Wildman–Crippen MR) is 43.2 cm³/mol. The molecule has 1 heterocycles. The van der Waals surface area contributed by atoms with Gasteiger partial charge in [-0.3, -0.25) is 4.55 Å². The van der Waals surface area contributed by atoms with Gasteiger partial charge in [0.05, 0.1) is 0 Å². The van der Waals surface area contributed by atoms with E-state index < -0.39 is 15.1 Å². The molecule has 0 aromatic heterocycles. The van der Waals surface area contributed by atoms with Crippen LogP contribution in [0, 0.1) is 0 Å². The summed E-state index contributed by atoms with van der Waals surface area (Å²) < 4.78 is 30.0. The summed E-state index contributed by atoms with van der Waals surface area (Å²) in [5.74, 6) is 0. The Labute approximate surface area is 71.5 Å². The molecule has 0 aliphatic carbocycles. The van der Waals surface area contributed by atoms with Gasteiger partial charge in [-0.1, -0.05) is 0 Å². The molecule has 0 radical (unpaired) electrons. The van der Waals surface area contributed by atoms with Crippen molar-refractivity contribution >= 4 is 10.1 Å². The third kappa shape index (κ3) is 1.77. The highest BCUT2D eigenvalue weighted by atomic mass is 32.2. The Bertz CT molecular complexity index is 253. The second-order valence-electron chi connectivity index (χ2n) is 3.24. The molecule has 0 bridgehead atoms. The van der Waals surface area contributed by atoms with Gasteiger partial charge in [-0.15, -0.1) is 0 Å². The van der Waals surface area contributed by atoms with Gasteiger partial charge in [-0.05, 0) is 19.8 Å². The zero-order chi connectivity index (χ0) is 9.41. The van der Waals surface area contributed by atoms with E-state index in [1.807, 2.05) is 6.92 Å². The topological polar surface area (TPSA) is 86.6 Å². The minimum absolute atomic E-state index is 0.0833. The molecule has 1 saturated heterocycles. The highest BCUT2D eigenvalue weighted by Crippen LogP contribution is 2.23. The van der Waals surface area contributed by atoms with Crippen LogP contribution < -0.4 is 5.32 Å². The van der Waals surface area contributed by atoms with E-state index in [4.69, 9.17) is 4.55 Å². The molecule has 1 aliphatic heterocycles. The second kappa shape index (κ2) is 2.95. The third-order valence-corrected chi connectivity index (χ3v) is 3.48. The van der Waals surface area contributed by atoms with E-state index in [9.17, 15) is 13.5 Å². The quantitative estimate of drug-likeness (QED) is 0.483. The van der Waals surface area contributed by atoms with Crippen LogP contribution in [0.5, 0.6) is 0 Å². The number of hydrogen-bond donors (Lipinski definition) is 3. The van der Waals surface area contributed by atoms with E-state index in [1.165, 1.54) is 0 Å². The maximum Gasteiger partial charge on any atom is 0.296 e. The monoisotopic (exact) mass is 195 g/mol. The van der Waals surface area contributed by atoms with Crippen molar-refractivity contribution in [1.29, 1.82) is 0 Å². The van der Waals surface area contributed by atoms with Crippen LogP contribution in [0.2, 0.25) is 0 Å². The fourth-order valence-corrected chi connectivity index (χ4v) is 1.83. The molecular formula is C6H13NO4S. The van der Waals surface area contributed by atoms with Crippen molar-refractivity contribution in [3.63, 3.8) is 0 Å². The first-order valence-corrected chi connectivity index (χ1v) is 5.22. The summed E-state index contributed by atoms with van der Waals surface area (Å²) in [5, 5.41) is 12.2. The largest absolute Gasteiger partial charge is 0.371 e. The van der Waals surface area contributed by atoms with Crippen LogP contribution in [0.1, 0.15) is 19.8 Å². The molecule has 1 rings (SSSR count). The van der Waals surface area contributed by atoms with Gasteiger partial charge in [-0.25, -0.2) is 0 Å². The van der Waals surface area contributed by atoms with Gasteiger partial charge in [0.1, 0.15) is 0 Å². The second-order valence-corrected chi connectivity index (χ2v) is 4.95. The molecule has 6 heteroatoms. The van der Waals surface area contributed by atoms with Crippen molar-refractivity contribution in [2.75, 3.05) is 6.54 Å². The normalized spacial score (nSPS) is 38.1. The van der Waals surface area contributed by atoms with Crippen molar-refractivity contribution < 1.29 is 18.1 Å². The molecule has 0 spiro atoms. The molecule has 12 heavy (non-hydrogen) atoms. The van der Waals surface area contributed by atoms with Crippen LogP contribution in [-0.4, -0.2) is 35.6 Å². The highest BCUT2D eigenvalue weighted by Gasteiger charge is 2.43. The third-order valence-electron chi connectivity index (χ3n) is 2.17. The van der Waals surface area contributed by atoms with E-state index in [2.05, 4.69) is 5.32 Å². The van der Waals surface area contributed by atoms with Crippen molar-refractivity contribution in [2.45, 2.75) is 30.7 Å². The minimum Gasteiger partial charge on any atom is -0.371 e. The van der Waals surface area contributed by atoms with Gasteiger partial charge in [0.2, 0.25) is 4.93 Å². The first-order valence-electron chi connectivity index (χ1n) is 3.78. The first kappa shape index (κ1) is 9.91. The molecular weight excluding hydrogens is 182 g/mol. The van der Waals surface area contributed by atoms with Crippen LogP contribution in [0.15, 0.2) is 0 Å². The Morgan fingerprint density at radius 2 is 2.17 bits per heavy atom. The number of β-amino-alcohol motifs (C(OH)–C–C–N with tert-alkyl or cyclic N) is 1. The summed E-state index contributed by atoms with van der Waals surface area (Å²) in [6, 6.07) is 0.187. The fraction of sp³-hybridized carbons (Fsp3) is 1.00. The summed E-state index contributed by atoms with van der Waals surface area (Å²) in [7, 11) is -4.36. The van der Waals surface area contributed by atoms with Gasteiger partial charge < -0.3 is 10.4 Å². The van der Waals surface area contributed by atoms with Crippen LogP contribution in [0.25, 0.3) is 0 Å². The average molecular weight is 195 g/mol. The molecule has 2 atom stereocenters. The number of rotatable bonds is 1. The zero-order valence-electron chi connectivity index (χ0n) is 6.82. The Hall–Kier alpha value is -0.170. The molecule has 3 N–H and O–H groups in total. The van der Waals surface area contributed by atoms with Crippen molar-refractivity contribution in [3.8, 4) is 0 Å². The molecule has 0 amide bonds. The fourth-order valence-electron chi connectivity index (χ4n) is 1.19. The van der Waals surface area contributed by atoms with E-state index in [0.29, 0.717) is 6.42 Å². The SMILES string of the molecule is CC1CCC(O)(S(=O)(=O)O)CN1. The smallest absolute Gasteiger partial charge is 0.296 e. The Morgan fingerprint density at radius 1 is 1.58 bits per heavy atom. The van der Waals surface area contributed by atoms with Gasteiger partial charge in [-0.2, -0.15) is 8.42 Å². The lowest BCUT2D eigenvalue weighted by molar-refractivity contribution is 0.0753. The molecule has 5 nitrogen and oxygen atoms in total. The summed E-state index contributed by atoms with van der Waals surface area (Å²) in [5.41, 5.74) is 0. The Kier molecular flexibility index (Phi) is 2.44. The number of nitrogens with one attached hydrogen (secondary N) is 1. The standard InChI is InChI=1S/C6H13NO4S/c1-5-2-3-6(8,4-7-5)12(9,10)11/h5,7-8H,2-4H2,1H3,(H,9,10,11). The molecule has 72 valence electrons. The lowest BCUT2D eigenvalue weighted by atomic mass is 10.0. The maximum absolute atomic E-state index is 10.7. The van der Waals surface area contributed by atoms with Gasteiger partial charge in [0, 0.05) is 12.6 Å². The van der Waals surface area contributed by atoms with Crippen LogP contribution in [-0.2, 0) is 10.1 Å². The van der Waals surface area contributed by atoms with E-state index >= 15 is 0 Å². The minimum atomic E-state index is -4.36. The van der Waals surface area contributed by atoms with E-state index in [0.717, 1.165) is 0 Å². The van der Waals surface area contributed by atoms with Crippen LogP contribution >= 0.6 is 0 Å². The lowest BCUT2D eigenvalue weighted by Crippen LogP contribution is -2.53. The van der Waals surface area contributed by atoms with Crippen molar-refractivity contribution in [1.82, 2.24) is 5.32 Å². The molecule has 0 aromatic carbocycles.